The monoisotopic (exact) mass is 212 g/mol. The van der Waals surface area contributed by atoms with Gasteiger partial charge in [-0.25, -0.2) is 9.76 Å². The lowest BCUT2D eigenvalue weighted by molar-refractivity contribution is 0.302. The fourth-order valence-corrected chi connectivity index (χ4v) is 3.77. The molecule has 0 spiro atoms. The van der Waals surface area contributed by atoms with E-state index in [1.807, 2.05) is 27.7 Å². The van der Waals surface area contributed by atoms with Gasteiger partial charge in [0.05, 0.1) is 0 Å². The summed E-state index contributed by atoms with van der Waals surface area (Å²) in [5, 5.41) is 2.65. The SMILES string of the molecule is CNP(=O)(Cl)N(C(C)C)C(C)C. The highest BCUT2D eigenvalue weighted by atomic mass is 35.7. The van der Waals surface area contributed by atoms with E-state index in [1.165, 1.54) is 0 Å². The Labute approximate surface area is 79.7 Å². The lowest BCUT2D eigenvalue weighted by Gasteiger charge is -2.33. The van der Waals surface area contributed by atoms with Gasteiger partial charge in [-0.15, -0.1) is 0 Å². The van der Waals surface area contributed by atoms with Crippen LogP contribution in [0.4, 0.5) is 0 Å². The molecule has 1 atom stereocenters. The molecular weight excluding hydrogens is 195 g/mol. The predicted molar refractivity (Wildman–Crippen MR) is 54.6 cm³/mol. The van der Waals surface area contributed by atoms with Crippen LogP contribution in [0, 0.1) is 0 Å². The summed E-state index contributed by atoms with van der Waals surface area (Å²) in [4.78, 5) is 0. The van der Waals surface area contributed by atoms with Gasteiger partial charge >= 0.3 is 6.80 Å². The van der Waals surface area contributed by atoms with Gasteiger partial charge in [-0.1, -0.05) is 0 Å². The van der Waals surface area contributed by atoms with E-state index in [9.17, 15) is 4.57 Å². The van der Waals surface area contributed by atoms with Crippen molar-refractivity contribution in [2.75, 3.05) is 7.05 Å². The van der Waals surface area contributed by atoms with Gasteiger partial charge in [0.1, 0.15) is 0 Å². The second-order valence-electron chi connectivity index (χ2n) is 3.29. The molecule has 1 unspecified atom stereocenters. The fraction of sp³-hybridized carbons (Fsp3) is 1.00. The number of halogens is 1. The summed E-state index contributed by atoms with van der Waals surface area (Å²) in [7, 11) is 1.62. The molecule has 0 heterocycles. The Morgan fingerprint density at radius 1 is 1.25 bits per heavy atom. The Hall–Kier alpha value is 0.440. The van der Waals surface area contributed by atoms with Crippen LogP contribution in [0.2, 0.25) is 0 Å². The van der Waals surface area contributed by atoms with Crippen LogP contribution in [-0.2, 0) is 4.57 Å². The normalized spacial score (nSPS) is 17.4. The maximum absolute atomic E-state index is 11.7. The molecule has 5 heteroatoms. The van der Waals surface area contributed by atoms with Crippen molar-refractivity contribution >= 4 is 18.0 Å². The molecule has 0 aliphatic rings. The van der Waals surface area contributed by atoms with E-state index in [-0.39, 0.29) is 12.1 Å². The molecule has 0 radical (unpaired) electrons. The minimum absolute atomic E-state index is 0.181. The van der Waals surface area contributed by atoms with E-state index in [4.69, 9.17) is 11.2 Å². The Morgan fingerprint density at radius 3 is 1.67 bits per heavy atom. The summed E-state index contributed by atoms with van der Waals surface area (Å²) in [5.41, 5.74) is 0. The molecule has 0 saturated carbocycles. The quantitative estimate of drug-likeness (QED) is 0.728. The third kappa shape index (κ3) is 3.06. The topological polar surface area (TPSA) is 32.3 Å². The van der Waals surface area contributed by atoms with Crippen LogP contribution in [0.15, 0.2) is 0 Å². The summed E-state index contributed by atoms with van der Waals surface area (Å²) in [5.74, 6) is 0. The molecule has 1 N–H and O–H groups in total. The van der Waals surface area contributed by atoms with Crippen molar-refractivity contribution < 1.29 is 4.57 Å². The number of nitrogens with one attached hydrogen (secondary N) is 1. The van der Waals surface area contributed by atoms with Crippen LogP contribution >= 0.6 is 18.0 Å². The molecule has 0 rings (SSSR count). The first-order valence-electron chi connectivity index (χ1n) is 4.10. The lowest BCUT2D eigenvalue weighted by Crippen LogP contribution is -2.35. The Balaban J connectivity index is 4.63. The summed E-state index contributed by atoms with van der Waals surface area (Å²) < 4.78 is 13.5. The van der Waals surface area contributed by atoms with Gasteiger partial charge < -0.3 is 0 Å². The molecule has 0 bridgehead atoms. The molecular formula is C7H18ClN2OP. The standard InChI is InChI=1S/C7H18ClN2OP/c1-6(2)10(7(3)4)12(8,11)9-5/h6-7H,1-5H3,(H,9,11). The first kappa shape index (κ1) is 12.4. The summed E-state index contributed by atoms with van der Waals surface area (Å²) in [6, 6.07) is 0.363. The fourth-order valence-electron chi connectivity index (χ4n) is 1.31. The molecule has 0 fully saturated rings. The highest BCUT2D eigenvalue weighted by molar-refractivity contribution is 7.85. The van der Waals surface area contributed by atoms with Crippen LogP contribution in [-0.4, -0.2) is 23.8 Å². The van der Waals surface area contributed by atoms with Crippen LogP contribution in [0.3, 0.4) is 0 Å². The summed E-state index contributed by atoms with van der Waals surface area (Å²) >= 11 is 5.85. The smallest absolute Gasteiger partial charge is 0.271 e. The molecule has 0 amide bonds. The van der Waals surface area contributed by atoms with Gasteiger partial charge in [-0.2, -0.15) is 0 Å². The van der Waals surface area contributed by atoms with Gasteiger partial charge in [0, 0.05) is 12.1 Å². The predicted octanol–water partition coefficient (Wildman–Crippen LogP) is 2.67. The molecule has 74 valence electrons. The highest BCUT2D eigenvalue weighted by Crippen LogP contribution is 2.52. The van der Waals surface area contributed by atoms with Gasteiger partial charge in [0.15, 0.2) is 0 Å². The third-order valence-electron chi connectivity index (χ3n) is 1.63. The second-order valence-corrected chi connectivity index (χ2v) is 6.58. The molecule has 0 aliphatic heterocycles. The van der Waals surface area contributed by atoms with Gasteiger partial charge in [-0.3, -0.25) is 4.57 Å². The largest absolute Gasteiger partial charge is 0.302 e. The lowest BCUT2D eigenvalue weighted by atomic mass is 10.3. The van der Waals surface area contributed by atoms with Crippen molar-refractivity contribution in [3.8, 4) is 0 Å². The number of nitrogens with zero attached hydrogens (tertiary/aromatic N) is 1. The van der Waals surface area contributed by atoms with Crippen molar-refractivity contribution in [1.82, 2.24) is 9.76 Å². The second kappa shape index (κ2) is 4.61. The molecule has 0 aromatic rings. The van der Waals surface area contributed by atoms with E-state index < -0.39 is 6.80 Å². The van der Waals surface area contributed by atoms with Gasteiger partial charge in [-0.05, 0) is 46.0 Å². The Kier molecular flexibility index (Phi) is 4.78. The van der Waals surface area contributed by atoms with E-state index >= 15 is 0 Å². The highest BCUT2D eigenvalue weighted by Gasteiger charge is 2.30. The maximum atomic E-state index is 11.7. The third-order valence-corrected chi connectivity index (χ3v) is 4.73. The first-order chi connectivity index (χ1) is 5.33. The molecule has 12 heavy (non-hydrogen) atoms. The zero-order valence-corrected chi connectivity index (χ0v) is 9.99. The molecule has 0 aliphatic carbocycles. The van der Waals surface area contributed by atoms with Crippen LogP contribution in [0.25, 0.3) is 0 Å². The van der Waals surface area contributed by atoms with Crippen LogP contribution in [0.5, 0.6) is 0 Å². The minimum Gasteiger partial charge on any atom is -0.271 e. The van der Waals surface area contributed by atoms with Crippen molar-refractivity contribution in [2.24, 2.45) is 0 Å². The Morgan fingerprint density at radius 2 is 1.58 bits per heavy atom. The van der Waals surface area contributed by atoms with Crippen molar-refractivity contribution in [3.05, 3.63) is 0 Å². The van der Waals surface area contributed by atoms with Gasteiger partial charge in [0.2, 0.25) is 0 Å². The van der Waals surface area contributed by atoms with Crippen molar-refractivity contribution in [1.29, 1.82) is 0 Å². The molecule has 0 aromatic heterocycles. The zero-order chi connectivity index (χ0) is 9.94. The number of hydrogen-bond donors (Lipinski definition) is 1. The van der Waals surface area contributed by atoms with E-state index in [0.29, 0.717) is 0 Å². The molecule has 3 nitrogen and oxygen atoms in total. The first-order valence-corrected chi connectivity index (χ1v) is 6.67. The Bertz CT molecular complexity index is 176. The number of hydrogen-bond acceptors (Lipinski definition) is 1. The zero-order valence-electron chi connectivity index (χ0n) is 8.34. The maximum Gasteiger partial charge on any atom is 0.302 e. The van der Waals surface area contributed by atoms with Crippen molar-refractivity contribution in [3.63, 3.8) is 0 Å². The molecule has 0 aromatic carbocycles. The van der Waals surface area contributed by atoms with E-state index in [0.717, 1.165) is 0 Å². The van der Waals surface area contributed by atoms with Crippen LogP contribution in [0.1, 0.15) is 27.7 Å². The average Bonchev–Trinajstić information content (AvgIpc) is 1.84. The van der Waals surface area contributed by atoms with Gasteiger partial charge in [0.25, 0.3) is 0 Å². The van der Waals surface area contributed by atoms with E-state index in [1.54, 1.807) is 11.7 Å². The van der Waals surface area contributed by atoms with E-state index in [2.05, 4.69) is 5.09 Å². The average molecular weight is 213 g/mol. The number of rotatable bonds is 4. The van der Waals surface area contributed by atoms with Crippen LogP contribution < -0.4 is 5.09 Å². The molecule has 0 saturated heterocycles. The summed E-state index contributed by atoms with van der Waals surface area (Å²) in [6.07, 6.45) is 0. The summed E-state index contributed by atoms with van der Waals surface area (Å²) in [6.45, 7) is 5.07. The van der Waals surface area contributed by atoms with Crippen molar-refractivity contribution in [2.45, 2.75) is 39.8 Å². The minimum atomic E-state index is -2.84.